The van der Waals surface area contributed by atoms with Gasteiger partial charge in [0.25, 0.3) is 5.69 Å². The average molecular weight is 313 g/mol. The van der Waals surface area contributed by atoms with E-state index in [-0.39, 0.29) is 18.3 Å². The van der Waals surface area contributed by atoms with Crippen molar-refractivity contribution in [3.8, 4) is 11.5 Å². The van der Waals surface area contributed by atoms with Crippen LogP contribution in [0.1, 0.15) is 5.56 Å². The first-order chi connectivity index (χ1) is 11.1. The van der Waals surface area contributed by atoms with E-state index >= 15 is 0 Å². The van der Waals surface area contributed by atoms with Crippen molar-refractivity contribution in [1.29, 1.82) is 0 Å². The van der Waals surface area contributed by atoms with Gasteiger partial charge in [0.1, 0.15) is 12.0 Å². The van der Waals surface area contributed by atoms with E-state index in [1.807, 2.05) is 0 Å². The van der Waals surface area contributed by atoms with Crippen LogP contribution in [0, 0.1) is 10.1 Å². The maximum Gasteiger partial charge on any atom is 0.287 e. The van der Waals surface area contributed by atoms with Crippen molar-refractivity contribution in [2.24, 2.45) is 0 Å². The van der Waals surface area contributed by atoms with Gasteiger partial charge in [0.15, 0.2) is 11.5 Å². The molecule has 1 aliphatic rings. The average Bonchev–Trinajstić information content (AvgIpc) is 3.01. The molecule has 1 amide bonds. The standard InChI is InChI=1S/C15H11N3O5/c19-15(17-14-5-3-11(8-16-14)18(20)21)6-2-10-1-4-12-13(7-10)23-9-22-12/h1-8H,9H2,(H,16,17,19)/b6-2+. The summed E-state index contributed by atoms with van der Waals surface area (Å²) in [6, 6.07) is 7.95. The van der Waals surface area contributed by atoms with Gasteiger partial charge in [0.05, 0.1) is 4.92 Å². The van der Waals surface area contributed by atoms with Crippen molar-refractivity contribution < 1.29 is 19.2 Å². The minimum atomic E-state index is -0.557. The zero-order chi connectivity index (χ0) is 16.2. The van der Waals surface area contributed by atoms with E-state index < -0.39 is 10.8 Å². The SMILES string of the molecule is O=C(/C=C/c1ccc2c(c1)OCO2)Nc1ccc([N+](=O)[O-])cn1. The number of carbonyl (C=O) groups excluding carboxylic acids is 1. The van der Waals surface area contributed by atoms with Crippen LogP contribution in [0.4, 0.5) is 11.5 Å². The second kappa shape index (κ2) is 6.14. The van der Waals surface area contributed by atoms with Crippen LogP contribution in [0.15, 0.2) is 42.6 Å². The zero-order valence-corrected chi connectivity index (χ0v) is 11.8. The molecule has 0 unspecified atom stereocenters. The fourth-order valence-corrected chi connectivity index (χ4v) is 1.92. The Balaban J connectivity index is 1.63. The molecule has 0 atom stereocenters. The summed E-state index contributed by atoms with van der Waals surface area (Å²) in [5.74, 6) is 1.13. The van der Waals surface area contributed by atoms with Gasteiger partial charge in [0.2, 0.25) is 12.7 Å². The highest BCUT2D eigenvalue weighted by atomic mass is 16.7. The normalized spacial score (nSPS) is 12.3. The lowest BCUT2D eigenvalue weighted by Crippen LogP contribution is -2.09. The lowest BCUT2D eigenvalue weighted by molar-refractivity contribution is -0.385. The van der Waals surface area contributed by atoms with E-state index in [0.717, 1.165) is 11.8 Å². The molecule has 3 rings (SSSR count). The summed E-state index contributed by atoms with van der Waals surface area (Å²) in [6.45, 7) is 0.189. The molecule has 23 heavy (non-hydrogen) atoms. The summed E-state index contributed by atoms with van der Waals surface area (Å²) in [4.78, 5) is 25.6. The predicted octanol–water partition coefficient (Wildman–Crippen LogP) is 2.37. The van der Waals surface area contributed by atoms with Gasteiger partial charge in [-0.15, -0.1) is 0 Å². The molecule has 116 valence electrons. The van der Waals surface area contributed by atoms with Crippen molar-refractivity contribution >= 4 is 23.5 Å². The number of carbonyl (C=O) groups is 1. The van der Waals surface area contributed by atoms with E-state index in [1.54, 1.807) is 24.3 Å². The number of anilines is 1. The summed E-state index contributed by atoms with van der Waals surface area (Å²) in [5.41, 5.74) is 0.639. The van der Waals surface area contributed by atoms with Crippen molar-refractivity contribution in [3.63, 3.8) is 0 Å². The first-order valence-corrected chi connectivity index (χ1v) is 6.61. The second-order valence-electron chi connectivity index (χ2n) is 4.59. The lowest BCUT2D eigenvalue weighted by Gasteiger charge is -2.00. The molecule has 1 N–H and O–H groups in total. The fraction of sp³-hybridized carbons (Fsp3) is 0.0667. The highest BCUT2D eigenvalue weighted by molar-refractivity contribution is 6.01. The molecule has 0 aliphatic carbocycles. The quantitative estimate of drug-likeness (QED) is 0.528. The Morgan fingerprint density at radius 2 is 2.09 bits per heavy atom. The minimum Gasteiger partial charge on any atom is -0.454 e. The van der Waals surface area contributed by atoms with Gasteiger partial charge in [0, 0.05) is 12.1 Å². The number of benzene rings is 1. The Morgan fingerprint density at radius 3 is 2.83 bits per heavy atom. The van der Waals surface area contributed by atoms with Crippen molar-refractivity contribution in [2.75, 3.05) is 12.1 Å². The fourth-order valence-electron chi connectivity index (χ4n) is 1.92. The van der Waals surface area contributed by atoms with Gasteiger partial charge in [-0.25, -0.2) is 4.98 Å². The third-order valence-electron chi connectivity index (χ3n) is 3.03. The predicted molar refractivity (Wildman–Crippen MR) is 81.1 cm³/mol. The zero-order valence-electron chi connectivity index (χ0n) is 11.8. The Kier molecular flexibility index (Phi) is 3.88. The summed E-state index contributed by atoms with van der Waals surface area (Å²) >= 11 is 0. The number of nitro groups is 1. The van der Waals surface area contributed by atoms with Crippen LogP contribution < -0.4 is 14.8 Å². The van der Waals surface area contributed by atoms with Gasteiger partial charge in [-0.1, -0.05) is 6.07 Å². The third-order valence-corrected chi connectivity index (χ3v) is 3.03. The number of nitrogens with one attached hydrogen (secondary N) is 1. The second-order valence-corrected chi connectivity index (χ2v) is 4.59. The molecule has 8 nitrogen and oxygen atoms in total. The van der Waals surface area contributed by atoms with Gasteiger partial charge in [-0.05, 0) is 29.8 Å². The minimum absolute atomic E-state index is 0.140. The number of nitrogens with zero attached hydrogens (tertiary/aromatic N) is 2. The molecule has 0 radical (unpaired) electrons. The monoisotopic (exact) mass is 313 g/mol. The first kappa shape index (κ1) is 14.5. The molecule has 1 aliphatic heterocycles. The molecule has 0 saturated carbocycles. The molecular formula is C15H11N3O5. The third kappa shape index (κ3) is 3.43. The van der Waals surface area contributed by atoms with E-state index in [2.05, 4.69) is 10.3 Å². The van der Waals surface area contributed by atoms with Gasteiger partial charge >= 0.3 is 0 Å². The molecule has 0 spiro atoms. The van der Waals surface area contributed by atoms with Crippen LogP contribution in [-0.4, -0.2) is 22.6 Å². The number of rotatable bonds is 4. The number of hydrogen-bond donors (Lipinski definition) is 1. The molecule has 0 fully saturated rings. The number of ether oxygens (including phenoxy) is 2. The largest absolute Gasteiger partial charge is 0.454 e. The van der Waals surface area contributed by atoms with Crippen LogP contribution in [0.25, 0.3) is 6.08 Å². The van der Waals surface area contributed by atoms with Crippen LogP contribution >= 0.6 is 0 Å². The Morgan fingerprint density at radius 1 is 1.26 bits per heavy atom. The molecule has 0 bridgehead atoms. The smallest absolute Gasteiger partial charge is 0.287 e. The number of aromatic nitrogens is 1. The van der Waals surface area contributed by atoms with Crippen molar-refractivity contribution in [2.45, 2.75) is 0 Å². The summed E-state index contributed by atoms with van der Waals surface area (Å²) in [7, 11) is 0. The molecule has 0 saturated heterocycles. The Bertz CT molecular complexity index is 786. The van der Waals surface area contributed by atoms with Gasteiger partial charge < -0.3 is 14.8 Å². The molecule has 2 aromatic rings. The van der Waals surface area contributed by atoms with Gasteiger partial charge in [-0.3, -0.25) is 14.9 Å². The van der Waals surface area contributed by atoms with Crippen LogP contribution in [0.2, 0.25) is 0 Å². The van der Waals surface area contributed by atoms with Crippen molar-refractivity contribution in [3.05, 3.63) is 58.3 Å². The number of hydrogen-bond acceptors (Lipinski definition) is 6. The number of pyridine rings is 1. The van der Waals surface area contributed by atoms with Crippen LogP contribution in [-0.2, 0) is 4.79 Å². The van der Waals surface area contributed by atoms with E-state index in [1.165, 1.54) is 18.2 Å². The topological polar surface area (TPSA) is 104 Å². The maximum atomic E-state index is 11.8. The molecular weight excluding hydrogens is 302 g/mol. The van der Waals surface area contributed by atoms with Crippen LogP contribution in [0.5, 0.6) is 11.5 Å². The molecule has 1 aromatic carbocycles. The summed E-state index contributed by atoms with van der Waals surface area (Å²) < 4.78 is 10.5. The Hall–Kier alpha value is -3.42. The lowest BCUT2D eigenvalue weighted by atomic mass is 10.2. The van der Waals surface area contributed by atoms with Crippen molar-refractivity contribution in [1.82, 2.24) is 4.98 Å². The highest BCUT2D eigenvalue weighted by Crippen LogP contribution is 2.32. The highest BCUT2D eigenvalue weighted by Gasteiger charge is 2.12. The molecule has 8 heteroatoms. The molecule has 1 aromatic heterocycles. The van der Waals surface area contributed by atoms with E-state index in [4.69, 9.17) is 9.47 Å². The Labute approximate surface area is 130 Å². The number of amides is 1. The number of fused-ring (bicyclic) bond motifs is 1. The maximum absolute atomic E-state index is 11.8. The first-order valence-electron chi connectivity index (χ1n) is 6.61. The molecule has 2 heterocycles. The van der Waals surface area contributed by atoms with Gasteiger partial charge in [-0.2, -0.15) is 0 Å². The summed E-state index contributed by atoms with van der Waals surface area (Å²) in [5, 5.41) is 13.0. The van der Waals surface area contributed by atoms with E-state index in [0.29, 0.717) is 11.5 Å². The summed E-state index contributed by atoms with van der Waals surface area (Å²) in [6.07, 6.45) is 4.03. The van der Waals surface area contributed by atoms with Crippen LogP contribution in [0.3, 0.4) is 0 Å². The van der Waals surface area contributed by atoms with E-state index in [9.17, 15) is 14.9 Å².